The van der Waals surface area contributed by atoms with E-state index in [0.717, 1.165) is 6.08 Å². The zero-order chi connectivity index (χ0) is 4.28. The van der Waals surface area contributed by atoms with Gasteiger partial charge >= 0.3 is 5.24 Å². The van der Waals surface area contributed by atoms with Gasteiger partial charge in [0.05, 0.1) is 18.2 Å². The predicted molar refractivity (Wildman–Crippen MR) is 19.7 cm³/mol. The van der Waals surface area contributed by atoms with Crippen LogP contribution in [0.1, 0.15) is 0 Å². The Morgan fingerprint density at radius 1 is 2.00 bits per heavy atom. The van der Waals surface area contributed by atoms with Crippen LogP contribution in [0.3, 0.4) is 0 Å². The number of rotatable bonds is 1. The summed E-state index contributed by atoms with van der Waals surface area (Å²) < 4.78 is 0. The molecule has 26 valence electrons. The van der Waals surface area contributed by atoms with Crippen molar-refractivity contribution < 1.29 is 4.79 Å². The van der Waals surface area contributed by atoms with Crippen LogP contribution in [0.15, 0.2) is 6.08 Å². The lowest BCUT2D eigenvalue weighted by Crippen LogP contribution is -1.68. The summed E-state index contributed by atoms with van der Waals surface area (Å²) in [6.45, 7) is 4.56. The molecule has 5 heavy (non-hydrogen) atoms. The van der Waals surface area contributed by atoms with Gasteiger partial charge in [-0.15, -0.1) is 0 Å². The van der Waals surface area contributed by atoms with E-state index in [9.17, 15) is 4.79 Å². The molecule has 0 atom stereocenters. The minimum atomic E-state index is -0.620. The molecule has 0 unspecified atom stereocenters. The molecule has 0 aliphatic rings. The van der Waals surface area contributed by atoms with Crippen LogP contribution in [0.4, 0.5) is 0 Å². The van der Waals surface area contributed by atoms with E-state index >= 15 is 0 Å². The Morgan fingerprint density at radius 2 is 2.20 bits per heavy atom. The monoisotopic (exact) mass is 89.0 g/mol. The van der Waals surface area contributed by atoms with Gasteiger partial charge in [0, 0.05) is 0 Å². The number of halogens is 1. The number of allylic oxidation sites excluding steroid dienone is 1. The van der Waals surface area contributed by atoms with E-state index in [2.05, 4.69) is 18.2 Å². The van der Waals surface area contributed by atoms with Gasteiger partial charge < -0.3 is 0 Å². The van der Waals surface area contributed by atoms with E-state index in [1.54, 1.807) is 0 Å². The molecule has 1 nitrogen and oxygen atoms in total. The third-order valence-electron chi connectivity index (χ3n) is 0.131. The van der Waals surface area contributed by atoms with Gasteiger partial charge in [0.1, 0.15) is 0 Å². The number of carbonyl (C=O) groups is 1. The maximum absolute atomic E-state index is 9.40. The van der Waals surface area contributed by atoms with Crippen molar-refractivity contribution in [1.29, 1.82) is 0 Å². The predicted octanol–water partition coefficient (Wildman–Crippen LogP) is 0.741. The summed E-state index contributed by atoms with van der Waals surface area (Å²) in [7, 11) is 0. The smallest absolute Gasteiger partial charge is 0.155 e. The molecule has 0 bridgehead atoms. The van der Waals surface area contributed by atoms with Crippen molar-refractivity contribution in [2.75, 3.05) is 0 Å². The van der Waals surface area contributed by atoms with Gasteiger partial charge in [0.2, 0.25) is 6.08 Å². The molecule has 0 radical (unpaired) electrons. The van der Waals surface area contributed by atoms with Crippen molar-refractivity contribution in [1.82, 2.24) is 0 Å². The van der Waals surface area contributed by atoms with E-state index < -0.39 is 5.24 Å². The summed E-state index contributed by atoms with van der Waals surface area (Å²) >= 11 is 4.64. The highest BCUT2D eigenvalue weighted by Crippen LogP contribution is 1.73. The third-order valence-corrected chi connectivity index (χ3v) is 0.257. The fourth-order valence-electron chi connectivity index (χ4n) is 0. The fraction of sp³-hybridized carbons (Fsp3) is 0. The zero-order valence-corrected chi connectivity index (χ0v) is 3.20. The van der Waals surface area contributed by atoms with Gasteiger partial charge in [-0.3, -0.25) is 0 Å². The summed E-state index contributed by atoms with van der Waals surface area (Å²) in [5.74, 6) is 0. The van der Waals surface area contributed by atoms with E-state index in [1.165, 1.54) is 0 Å². The van der Waals surface area contributed by atoms with Crippen LogP contribution in [0.2, 0.25) is 0 Å². The molecule has 0 aromatic carbocycles. The Labute approximate surface area is 35.2 Å². The minimum Gasteiger partial charge on any atom is -0.155 e. The Bertz CT molecular complexity index is 57.9. The Hall–Kier alpha value is -0.390. The van der Waals surface area contributed by atoms with Gasteiger partial charge in [-0.2, -0.15) is 4.79 Å². The number of hydrogen-bond donors (Lipinski definition) is 0. The highest BCUT2D eigenvalue weighted by Gasteiger charge is 1.90. The SMILES string of the molecule is [CH+]=CC(=O)Cl. The molecule has 0 aliphatic carbocycles. The van der Waals surface area contributed by atoms with Crippen LogP contribution in [-0.4, -0.2) is 5.24 Å². The van der Waals surface area contributed by atoms with Gasteiger partial charge in [0.15, 0.2) is 0 Å². The molecule has 0 fully saturated rings. The van der Waals surface area contributed by atoms with Crippen molar-refractivity contribution in [2.45, 2.75) is 0 Å². The first-order valence-electron chi connectivity index (χ1n) is 1.02. The molecule has 0 heterocycles. The first-order chi connectivity index (χ1) is 2.27. The second-order valence-electron chi connectivity index (χ2n) is 0.471. The normalized spacial score (nSPS) is 6.40. The maximum atomic E-state index is 9.40. The first kappa shape index (κ1) is 4.61. The van der Waals surface area contributed by atoms with Gasteiger partial charge in [-0.05, 0) is 0 Å². The lowest BCUT2D eigenvalue weighted by molar-refractivity contribution is -0.107. The summed E-state index contributed by atoms with van der Waals surface area (Å²) in [6, 6.07) is 0. The van der Waals surface area contributed by atoms with E-state index in [1.807, 2.05) is 0 Å². The molecule has 0 N–H and O–H groups in total. The average molecular weight is 89.5 g/mol. The Kier molecular flexibility index (Phi) is 1.74. The molecule has 0 aromatic heterocycles. The van der Waals surface area contributed by atoms with E-state index in [4.69, 9.17) is 0 Å². The lowest BCUT2D eigenvalue weighted by Gasteiger charge is -1.42. The Morgan fingerprint density at radius 3 is 2.20 bits per heavy atom. The second kappa shape index (κ2) is 1.89. The molecule has 0 amide bonds. The van der Waals surface area contributed by atoms with Crippen LogP contribution in [0, 0.1) is 6.58 Å². The first-order valence-corrected chi connectivity index (χ1v) is 1.39. The molecule has 0 aromatic rings. The molecular weight excluding hydrogens is 87.5 g/mol. The highest BCUT2D eigenvalue weighted by atomic mass is 35.5. The topological polar surface area (TPSA) is 17.1 Å². The van der Waals surface area contributed by atoms with E-state index in [0.29, 0.717) is 0 Å². The number of carbonyl (C=O) groups excluding carboxylic acids is 1. The largest absolute Gasteiger partial charge is 0.399 e. The average Bonchev–Trinajstić information content (AvgIpc) is 1.38. The zero-order valence-electron chi connectivity index (χ0n) is 2.44. The van der Waals surface area contributed by atoms with Crippen molar-refractivity contribution >= 4 is 16.8 Å². The van der Waals surface area contributed by atoms with Crippen molar-refractivity contribution in [3.8, 4) is 0 Å². The molecule has 0 spiro atoms. The molecular formula is C3H2ClO+. The minimum absolute atomic E-state index is 0.620. The van der Waals surface area contributed by atoms with Crippen LogP contribution >= 0.6 is 11.6 Å². The summed E-state index contributed by atoms with van der Waals surface area (Å²) in [5.41, 5.74) is 0. The fourth-order valence-corrected chi connectivity index (χ4v) is 0. The summed E-state index contributed by atoms with van der Waals surface area (Å²) in [4.78, 5) is 9.40. The molecule has 2 heteroatoms. The van der Waals surface area contributed by atoms with Gasteiger partial charge in [-0.1, -0.05) is 0 Å². The van der Waals surface area contributed by atoms with Gasteiger partial charge in [0.25, 0.3) is 0 Å². The van der Waals surface area contributed by atoms with Crippen LogP contribution in [0.5, 0.6) is 0 Å². The summed E-state index contributed by atoms with van der Waals surface area (Å²) in [6.07, 6.45) is 0.793. The van der Waals surface area contributed by atoms with Crippen LogP contribution in [-0.2, 0) is 4.79 Å². The van der Waals surface area contributed by atoms with Crippen LogP contribution in [0.25, 0.3) is 0 Å². The van der Waals surface area contributed by atoms with Crippen molar-refractivity contribution in [2.24, 2.45) is 0 Å². The maximum Gasteiger partial charge on any atom is 0.399 e. The number of hydrogen-bond acceptors (Lipinski definition) is 1. The highest BCUT2D eigenvalue weighted by molar-refractivity contribution is 6.66. The molecule has 0 saturated heterocycles. The lowest BCUT2D eigenvalue weighted by atomic mass is 10.7. The quantitative estimate of drug-likeness (QED) is 0.263. The summed E-state index contributed by atoms with van der Waals surface area (Å²) in [5, 5.41) is -0.620. The van der Waals surface area contributed by atoms with Gasteiger partial charge in [-0.25, -0.2) is 0 Å². The Balaban J connectivity index is 3.20. The van der Waals surface area contributed by atoms with Crippen LogP contribution < -0.4 is 0 Å². The standard InChI is InChI=1S/C3H2ClO/c1-2-3(4)5/h1-2H/q+1. The molecule has 0 rings (SSSR count). The van der Waals surface area contributed by atoms with E-state index in [-0.39, 0.29) is 0 Å². The van der Waals surface area contributed by atoms with Crippen molar-refractivity contribution in [3.63, 3.8) is 0 Å². The molecule has 0 aliphatic heterocycles. The van der Waals surface area contributed by atoms with Crippen molar-refractivity contribution in [3.05, 3.63) is 12.7 Å². The third kappa shape index (κ3) is 3.61. The molecule has 0 saturated carbocycles. The second-order valence-corrected chi connectivity index (χ2v) is 0.843.